The first-order chi connectivity index (χ1) is 13.4. The fourth-order valence-corrected chi connectivity index (χ4v) is 2.58. The molecule has 1 heterocycles. The van der Waals surface area contributed by atoms with Crippen LogP contribution in [0.2, 0.25) is 0 Å². The Bertz CT molecular complexity index is 1030. The zero-order valence-corrected chi connectivity index (χ0v) is 15.6. The first kappa shape index (κ1) is 19.2. The van der Waals surface area contributed by atoms with Gasteiger partial charge >= 0.3 is 0 Å². The molecule has 2 amide bonds. The Morgan fingerprint density at radius 2 is 1.71 bits per heavy atom. The van der Waals surface area contributed by atoms with Crippen LogP contribution in [-0.2, 0) is 7.05 Å². The summed E-state index contributed by atoms with van der Waals surface area (Å²) in [6, 6.07) is 13.7. The topological polar surface area (TPSA) is 88.0 Å². The third-order valence-corrected chi connectivity index (χ3v) is 3.90. The van der Waals surface area contributed by atoms with Gasteiger partial charge in [0.05, 0.1) is 11.3 Å². The summed E-state index contributed by atoms with van der Waals surface area (Å²) >= 11 is 5.16. The number of amides is 2. The molecule has 0 saturated carbocycles. The maximum Gasteiger partial charge on any atom is 0.277 e. The molecule has 3 rings (SSSR count). The number of para-hydroxylation sites is 1. The second-order valence-corrected chi connectivity index (χ2v) is 6.20. The molecule has 3 N–H and O–H groups in total. The van der Waals surface area contributed by atoms with Gasteiger partial charge in [-0.15, -0.1) is 0 Å². The lowest BCUT2D eigenvalue weighted by molar-refractivity contribution is 0.0971. The van der Waals surface area contributed by atoms with Gasteiger partial charge in [0.15, 0.2) is 10.8 Å². The predicted octanol–water partition coefficient (Wildman–Crippen LogP) is 2.94. The molecule has 0 aliphatic heterocycles. The highest BCUT2D eigenvalue weighted by Gasteiger charge is 2.15. The van der Waals surface area contributed by atoms with Gasteiger partial charge in [-0.25, -0.2) is 4.39 Å². The predicted molar refractivity (Wildman–Crippen MR) is 108 cm³/mol. The van der Waals surface area contributed by atoms with Gasteiger partial charge in [-0.05, 0) is 54.7 Å². The van der Waals surface area contributed by atoms with E-state index in [0.717, 1.165) is 0 Å². The third kappa shape index (κ3) is 4.77. The average Bonchev–Trinajstić information content (AvgIpc) is 3.10. The molecule has 0 saturated heterocycles. The number of thiocarbonyl (C=S) groups is 1. The van der Waals surface area contributed by atoms with E-state index in [4.69, 9.17) is 12.2 Å². The fraction of sp³-hybridized carbons (Fsp3) is 0.0526. The number of rotatable bonds is 4. The molecule has 0 aliphatic rings. The van der Waals surface area contributed by atoms with E-state index >= 15 is 0 Å². The summed E-state index contributed by atoms with van der Waals surface area (Å²) in [5, 5.41) is 12.1. The number of nitrogens with zero attached hydrogens (tertiary/aromatic N) is 2. The van der Waals surface area contributed by atoms with Gasteiger partial charge in [0.1, 0.15) is 5.82 Å². The number of carbonyl (C=O) groups excluding carboxylic acids is 2. The number of anilines is 2. The van der Waals surface area contributed by atoms with E-state index in [1.807, 2.05) is 0 Å². The largest absolute Gasteiger partial charge is 0.332 e. The van der Waals surface area contributed by atoms with Crippen molar-refractivity contribution in [2.24, 2.45) is 7.05 Å². The van der Waals surface area contributed by atoms with Gasteiger partial charge in [0.2, 0.25) is 0 Å². The van der Waals surface area contributed by atoms with E-state index in [9.17, 15) is 14.0 Å². The Balaban J connectivity index is 1.69. The molecular formula is C19H16FN5O2S. The molecule has 3 aromatic rings. The maximum atomic E-state index is 13.0. The number of hydrogen-bond donors (Lipinski definition) is 3. The summed E-state index contributed by atoms with van der Waals surface area (Å²) in [7, 11) is 1.70. The molecule has 0 bridgehead atoms. The standard InChI is InChI=1S/C19H16FN5O2S/c1-25-11-10-16(24-25)18(27)23-19(28)22-15-5-3-2-4-14(15)17(26)21-13-8-6-12(20)7-9-13/h2-11H,1H3,(H,21,26)(H2,22,23,27,28). The van der Waals surface area contributed by atoms with E-state index in [2.05, 4.69) is 21.0 Å². The molecule has 0 unspecified atom stereocenters. The Hall–Kier alpha value is -3.59. The maximum absolute atomic E-state index is 13.0. The monoisotopic (exact) mass is 397 g/mol. The van der Waals surface area contributed by atoms with E-state index < -0.39 is 17.6 Å². The van der Waals surface area contributed by atoms with Crippen molar-refractivity contribution in [2.75, 3.05) is 10.6 Å². The summed E-state index contributed by atoms with van der Waals surface area (Å²) in [6.45, 7) is 0. The molecule has 9 heteroatoms. The Morgan fingerprint density at radius 1 is 1.00 bits per heavy atom. The number of hydrogen-bond acceptors (Lipinski definition) is 4. The van der Waals surface area contributed by atoms with Crippen LogP contribution >= 0.6 is 12.2 Å². The van der Waals surface area contributed by atoms with Gasteiger partial charge in [0, 0.05) is 18.9 Å². The van der Waals surface area contributed by atoms with Gasteiger partial charge < -0.3 is 10.6 Å². The van der Waals surface area contributed by atoms with Crippen LogP contribution in [0.1, 0.15) is 20.8 Å². The van der Waals surface area contributed by atoms with Crippen molar-refractivity contribution < 1.29 is 14.0 Å². The van der Waals surface area contributed by atoms with Crippen LogP contribution in [0.15, 0.2) is 60.8 Å². The number of carbonyl (C=O) groups is 2. The van der Waals surface area contributed by atoms with E-state index in [0.29, 0.717) is 16.9 Å². The molecule has 7 nitrogen and oxygen atoms in total. The van der Waals surface area contributed by atoms with Crippen molar-refractivity contribution in [1.82, 2.24) is 15.1 Å². The van der Waals surface area contributed by atoms with Gasteiger partial charge in [0.25, 0.3) is 11.8 Å². The van der Waals surface area contributed by atoms with Gasteiger partial charge in [-0.3, -0.25) is 19.6 Å². The molecule has 0 atom stereocenters. The molecule has 28 heavy (non-hydrogen) atoms. The zero-order valence-electron chi connectivity index (χ0n) is 14.8. The highest BCUT2D eigenvalue weighted by atomic mass is 32.1. The highest BCUT2D eigenvalue weighted by Crippen LogP contribution is 2.18. The first-order valence-electron chi connectivity index (χ1n) is 8.20. The number of nitrogens with one attached hydrogen (secondary N) is 3. The van der Waals surface area contributed by atoms with Crippen molar-refractivity contribution >= 4 is 40.5 Å². The third-order valence-electron chi connectivity index (χ3n) is 3.70. The number of aromatic nitrogens is 2. The molecule has 1 aromatic heterocycles. The second-order valence-electron chi connectivity index (χ2n) is 5.79. The van der Waals surface area contributed by atoms with Gasteiger partial charge in [-0.2, -0.15) is 5.10 Å². The Morgan fingerprint density at radius 3 is 2.39 bits per heavy atom. The zero-order chi connectivity index (χ0) is 20.1. The lowest BCUT2D eigenvalue weighted by Gasteiger charge is -2.13. The number of benzene rings is 2. The molecule has 0 fully saturated rings. The SMILES string of the molecule is Cn1ccc(C(=O)NC(=S)Nc2ccccc2C(=O)Nc2ccc(F)cc2)n1. The van der Waals surface area contributed by atoms with Crippen molar-refractivity contribution in [2.45, 2.75) is 0 Å². The molecule has 2 aromatic carbocycles. The van der Waals surface area contributed by atoms with Crippen LogP contribution in [-0.4, -0.2) is 26.7 Å². The van der Waals surface area contributed by atoms with Crippen LogP contribution in [0.3, 0.4) is 0 Å². The van der Waals surface area contributed by atoms with Crippen LogP contribution in [0.25, 0.3) is 0 Å². The molecule has 0 radical (unpaired) electrons. The summed E-state index contributed by atoms with van der Waals surface area (Å²) in [6.07, 6.45) is 1.64. The molecule has 0 spiro atoms. The highest BCUT2D eigenvalue weighted by molar-refractivity contribution is 7.80. The quantitative estimate of drug-likeness (QED) is 0.589. The van der Waals surface area contributed by atoms with Gasteiger partial charge in [-0.1, -0.05) is 12.1 Å². The summed E-state index contributed by atoms with van der Waals surface area (Å²) < 4.78 is 14.5. The van der Waals surface area contributed by atoms with E-state index in [1.54, 1.807) is 43.6 Å². The van der Waals surface area contributed by atoms with Crippen LogP contribution in [0.5, 0.6) is 0 Å². The Labute approximate surface area is 165 Å². The smallest absolute Gasteiger partial charge is 0.277 e. The summed E-state index contributed by atoms with van der Waals surface area (Å²) in [5.41, 5.74) is 1.39. The number of aryl methyl sites for hydroxylation is 1. The molecule has 0 aliphatic carbocycles. The minimum Gasteiger partial charge on any atom is -0.332 e. The minimum absolute atomic E-state index is 0.0256. The summed E-state index contributed by atoms with van der Waals surface area (Å²) in [5.74, 6) is -1.27. The first-order valence-corrected chi connectivity index (χ1v) is 8.61. The Kier molecular flexibility index (Phi) is 5.75. The van der Waals surface area contributed by atoms with E-state index in [-0.39, 0.29) is 10.8 Å². The van der Waals surface area contributed by atoms with Crippen molar-refractivity contribution in [1.29, 1.82) is 0 Å². The van der Waals surface area contributed by atoms with Crippen LogP contribution in [0, 0.1) is 5.82 Å². The number of halogens is 1. The normalized spacial score (nSPS) is 10.2. The molecule has 142 valence electrons. The van der Waals surface area contributed by atoms with Crippen molar-refractivity contribution in [3.05, 3.63) is 77.9 Å². The fourth-order valence-electron chi connectivity index (χ4n) is 2.38. The lowest BCUT2D eigenvalue weighted by Crippen LogP contribution is -2.35. The van der Waals surface area contributed by atoms with E-state index in [1.165, 1.54) is 28.9 Å². The molecular weight excluding hydrogens is 381 g/mol. The summed E-state index contributed by atoms with van der Waals surface area (Å²) in [4.78, 5) is 24.7. The second kappa shape index (κ2) is 8.40. The van der Waals surface area contributed by atoms with Crippen molar-refractivity contribution in [3.8, 4) is 0 Å². The average molecular weight is 397 g/mol. The van der Waals surface area contributed by atoms with Crippen LogP contribution < -0.4 is 16.0 Å². The van der Waals surface area contributed by atoms with Crippen molar-refractivity contribution in [3.63, 3.8) is 0 Å². The van der Waals surface area contributed by atoms with Crippen LogP contribution in [0.4, 0.5) is 15.8 Å². The minimum atomic E-state index is -0.466. The lowest BCUT2D eigenvalue weighted by atomic mass is 10.1.